The molecule has 1 aliphatic rings. The molecule has 0 unspecified atom stereocenters. The summed E-state index contributed by atoms with van der Waals surface area (Å²) in [6.07, 6.45) is 1.50. The zero-order valence-electron chi connectivity index (χ0n) is 13.8. The highest BCUT2D eigenvalue weighted by Gasteiger charge is 2.19. The van der Waals surface area contributed by atoms with Gasteiger partial charge in [0.25, 0.3) is 0 Å². The van der Waals surface area contributed by atoms with Gasteiger partial charge in [0.05, 0.1) is 0 Å². The quantitative estimate of drug-likeness (QED) is 0.806. The summed E-state index contributed by atoms with van der Waals surface area (Å²) in [5, 5.41) is 6.90. The minimum atomic E-state index is 0.0316. The number of piperazine rings is 1. The van der Waals surface area contributed by atoms with Crippen molar-refractivity contribution < 1.29 is 9.32 Å². The van der Waals surface area contributed by atoms with Crippen molar-refractivity contribution in [2.24, 2.45) is 0 Å². The molecule has 0 aliphatic carbocycles. The highest BCUT2D eigenvalue weighted by Crippen LogP contribution is 2.10. The lowest BCUT2D eigenvalue weighted by Crippen LogP contribution is -2.51. The summed E-state index contributed by atoms with van der Waals surface area (Å²) >= 11 is 0. The maximum absolute atomic E-state index is 12.0. The summed E-state index contributed by atoms with van der Waals surface area (Å²) in [5.74, 6) is 1.67. The number of urea groups is 1. The van der Waals surface area contributed by atoms with E-state index in [-0.39, 0.29) is 11.9 Å². The first-order valence-corrected chi connectivity index (χ1v) is 8.17. The fourth-order valence-electron chi connectivity index (χ4n) is 2.42. The number of carbonyl (C=O) groups is 1. The van der Waals surface area contributed by atoms with Crippen LogP contribution in [0.3, 0.4) is 0 Å². The molecule has 0 spiro atoms. The molecule has 2 rings (SSSR count). The number of aryl methyl sites for hydroxylation is 1. The van der Waals surface area contributed by atoms with E-state index in [4.69, 9.17) is 4.52 Å². The Morgan fingerprint density at radius 2 is 2.05 bits per heavy atom. The Morgan fingerprint density at radius 1 is 1.32 bits per heavy atom. The minimum Gasteiger partial charge on any atom is -0.339 e. The van der Waals surface area contributed by atoms with Crippen molar-refractivity contribution in [2.45, 2.75) is 39.5 Å². The van der Waals surface area contributed by atoms with Crippen LogP contribution in [-0.2, 0) is 6.42 Å². The van der Waals surface area contributed by atoms with Gasteiger partial charge in [-0.1, -0.05) is 25.9 Å². The van der Waals surface area contributed by atoms with Gasteiger partial charge in [0, 0.05) is 45.1 Å². The van der Waals surface area contributed by atoms with Crippen molar-refractivity contribution in [3.8, 4) is 0 Å². The highest BCUT2D eigenvalue weighted by atomic mass is 16.5. The van der Waals surface area contributed by atoms with Gasteiger partial charge in [-0.3, -0.25) is 0 Å². The van der Waals surface area contributed by atoms with Crippen LogP contribution in [0.5, 0.6) is 0 Å². The molecule has 0 aromatic carbocycles. The van der Waals surface area contributed by atoms with Gasteiger partial charge in [0.15, 0.2) is 5.82 Å². The maximum atomic E-state index is 12.0. The van der Waals surface area contributed by atoms with Crippen LogP contribution in [0.1, 0.15) is 44.8 Å². The Labute approximate surface area is 132 Å². The normalized spacial score (nSPS) is 16.3. The van der Waals surface area contributed by atoms with E-state index < -0.39 is 0 Å². The second-order valence-corrected chi connectivity index (χ2v) is 5.96. The average Bonchev–Trinajstić information content (AvgIpc) is 3.00. The number of hydrogen-bond donors (Lipinski definition) is 1. The third kappa shape index (κ3) is 4.69. The predicted molar refractivity (Wildman–Crippen MR) is 83.8 cm³/mol. The molecule has 22 heavy (non-hydrogen) atoms. The number of nitrogens with one attached hydrogen (secondary N) is 1. The van der Waals surface area contributed by atoms with Gasteiger partial charge in [-0.25, -0.2) is 4.79 Å². The number of carbonyl (C=O) groups excluding carboxylic acids is 1. The van der Waals surface area contributed by atoms with Gasteiger partial charge in [-0.2, -0.15) is 4.98 Å². The van der Waals surface area contributed by atoms with E-state index >= 15 is 0 Å². The lowest BCUT2D eigenvalue weighted by Gasteiger charge is -2.33. The Bertz CT molecular complexity index is 466. The molecular weight excluding hydrogens is 282 g/mol. The maximum Gasteiger partial charge on any atom is 0.317 e. The molecule has 124 valence electrons. The molecule has 7 nitrogen and oxygen atoms in total. The summed E-state index contributed by atoms with van der Waals surface area (Å²) in [6.45, 7) is 11.4. The van der Waals surface area contributed by atoms with Crippen LogP contribution in [0.15, 0.2) is 4.52 Å². The standard InChI is InChI=1S/C15H27N5O2/c1-4-19-8-10-20(11-9-19)15(21)16-7-5-6-13-17-14(12(2)3)18-22-13/h12H,4-11H2,1-3H3,(H,16,21). The molecule has 1 N–H and O–H groups in total. The fourth-order valence-corrected chi connectivity index (χ4v) is 2.42. The Kier molecular flexibility index (Phi) is 6.18. The number of amides is 2. The van der Waals surface area contributed by atoms with Gasteiger partial charge in [0.2, 0.25) is 5.89 Å². The van der Waals surface area contributed by atoms with Crippen LogP contribution in [0.2, 0.25) is 0 Å². The molecule has 2 heterocycles. The Hall–Kier alpha value is -1.63. The molecule has 1 saturated heterocycles. The van der Waals surface area contributed by atoms with Crippen molar-refractivity contribution >= 4 is 6.03 Å². The summed E-state index contributed by atoms with van der Waals surface area (Å²) in [4.78, 5) is 20.6. The van der Waals surface area contributed by atoms with Crippen molar-refractivity contribution in [1.29, 1.82) is 0 Å². The van der Waals surface area contributed by atoms with Gasteiger partial charge >= 0.3 is 6.03 Å². The highest BCUT2D eigenvalue weighted by molar-refractivity contribution is 5.74. The SMILES string of the molecule is CCN1CCN(C(=O)NCCCc2nc(C(C)C)no2)CC1. The largest absolute Gasteiger partial charge is 0.339 e. The summed E-state index contributed by atoms with van der Waals surface area (Å²) < 4.78 is 5.18. The molecule has 7 heteroatoms. The number of hydrogen-bond acceptors (Lipinski definition) is 5. The summed E-state index contributed by atoms with van der Waals surface area (Å²) in [6, 6.07) is 0.0316. The number of rotatable bonds is 6. The fraction of sp³-hybridized carbons (Fsp3) is 0.800. The molecule has 0 atom stereocenters. The van der Waals surface area contributed by atoms with Crippen molar-refractivity contribution in [1.82, 2.24) is 25.3 Å². The zero-order chi connectivity index (χ0) is 15.9. The lowest BCUT2D eigenvalue weighted by molar-refractivity contribution is 0.143. The lowest BCUT2D eigenvalue weighted by atomic mass is 10.2. The van der Waals surface area contributed by atoms with E-state index in [1.54, 1.807) is 0 Å². The van der Waals surface area contributed by atoms with Crippen LogP contribution in [-0.4, -0.2) is 65.2 Å². The third-order valence-electron chi connectivity index (χ3n) is 3.95. The van der Waals surface area contributed by atoms with Gasteiger partial charge in [0.1, 0.15) is 0 Å². The van der Waals surface area contributed by atoms with E-state index in [0.717, 1.165) is 45.0 Å². The first-order valence-electron chi connectivity index (χ1n) is 8.17. The average molecular weight is 309 g/mol. The van der Waals surface area contributed by atoms with Crippen LogP contribution in [0.25, 0.3) is 0 Å². The number of nitrogens with zero attached hydrogens (tertiary/aromatic N) is 4. The van der Waals surface area contributed by atoms with Gasteiger partial charge in [-0.05, 0) is 13.0 Å². The molecule has 2 amide bonds. The zero-order valence-corrected chi connectivity index (χ0v) is 13.8. The molecule has 0 bridgehead atoms. The minimum absolute atomic E-state index is 0.0316. The Morgan fingerprint density at radius 3 is 2.64 bits per heavy atom. The first-order chi connectivity index (χ1) is 10.6. The second-order valence-electron chi connectivity index (χ2n) is 5.96. The molecule has 1 aliphatic heterocycles. The van der Waals surface area contributed by atoms with E-state index in [1.807, 2.05) is 18.7 Å². The topological polar surface area (TPSA) is 74.5 Å². The van der Waals surface area contributed by atoms with E-state index in [0.29, 0.717) is 18.9 Å². The molecular formula is C15H27N5O2. The van der Waals surface area contributed by atoms with Gasteiger partial charge in [-0.15, -0.1) is 0 Å². The molecule has 1 fully saturated rings. The van der Waals surface area contributed by atoms with Crippen LogP contribution < -0.4 is 5.32 Å². The van der Waals surface area contributed by atoms with E-state index in [1.165, 1.54) is 0 Å². The van der Waals surface area contributed by atoms with Crippen LogP contribution >= 0.6 is 0 Å². The van der Waals surface area contributed by atoms with E-state index in [2.05, 4.69) is 27.3 Å². The van der Waals surface area contributed by atoms with Gasteiger partial charge < -0.3 is 19.6 Å². The Balaban J connectivity index is 1.62. The molecule has 1 aromatic rings. The molecule has 0 saturated carbocycles. The van der Waals surface area contributed by atoms with Crippen LogP contribution in [0, 0.1) is 0 Å². The third-order valence-corrected chi connectivity index (χ3v) is 3.95. The first kappa shape index (κ1) is 16.7. The molecule has 1 aromatic heterocycles. The predicted octanol–water partition coefficient (Wildman–Crippen LogP) is 1.47. The van der Waals surface area contributed by atoms with Crippen molar-refractivity contribution in [2.75, 3.05) is 39.3 Å². The summed E-state index contributed by atoms with van der Waals surface area (Å²) in [7, 11) is 0. The van der Waals surface area contributed by atoms with Crippen molar-refractivity contribution in [3.63, 3.8) is 0 Å². The smallest absolute Gasteiger partial charge is 0.317 e. The molecule has 0 radical (unpaired) electrons. The van der Waals surface area contributed by atoms with E-state index in [9.17, 15) is 4.79 Å². The van der Waals surface area contributed by atoms with Crippen LogP contribution in [0.4, 0.5) is 4.79 Å². The monoisotopic (exact) mass is 309 g/mol. The number of aromatic nitrogens is 2. The number of likely N-dealkylation sites (N-methyl/N-ethyl adjacent to an activating group) is 1. The summed E-state index contributed by atoms with van der Waals surface area (Å²) in [5.41, 5.74) is 0. The second kappa shape index (κ2) is 8.12. The van der Waals surface area contributed by atoms with Crippen molar-refractivity contribution in [3.05, 3.63) is 11.7 Å².